The van der Waals surface area contributed by atoms with E-state index in [2.05, 4.69) is 29.8 Å². The van der Waals surface area contributed by atoms with Crippen molar-refractivity contribution in [2.24, 2.45) is 0 Å². The van der Waals surface area contributed by atoms with E-state index in [-0.39, 0.29) is 0 Å². The van der Waals surface area contributed by atoms with Crippen LogP contribution in [0.1, 0.15) is 34.6 Å². The number of aryl methyl sites for hydroxylation is 2. The van der Waals surface area contributed by atoms with Crippen LogP contribution in [0.3, 0.4) is 0 Å². The Bertz CT molecular complexity index is 328. The molecule has 2 aliphatic rings. The first kappa shape index (κ1) is 8.93. The summed E-state index contributed by atoms with van der Waals surface area (Å²) in [6.07, 6.45) is 8.06. The zero-order chi connectivity index (χ0) is 9.60. The lowest BCUT2D eigenvalue weighted by Gasteiger charge is -2.11. The predicted molar refractivity (Wildman–Crippen MR) is 61.1 cm³/mol. The molecule has 0 saturated heterocycles. The van der Waals surface area contributed by atoms with Gasteiger partial charge in [-0.3, -0.25) is 0 Å². The van der Waals surface area contributed by atoms with E-state index >= 15 is 0 Å². The van der Waals surface area contributed by atoms with Gasteiger partial charge in [-0.05, 0) is 57.2 Å². The fourth-order valence-corrected chi connectivity index (χ4v) is 3.88. The van der Waals surface area contributed by atoms with Crippen molar-refractivity contribution in [3.05, 3.63) is 21.4 Å². The molecule has 1 fully saturated rings. The van der Waals surface area contributed by atoms with Gasteiger partial charge in [0.1, 0.15) is 0 Å². The molecular weight excluding hydrogens is 190 g/mol. The topological polar surface area (TPSA) is 12.0 Å². The van der Waals surface area contributed by atoms with Crippen molar-refractivity contribution < 1.29 is 0 Å². The van der Waals surface area contributed by atoms with Crippen molar-refractivity contribution in [1.82, 2.24) is 5.32 Å². The summed E-state index contributed by atoms with van der Waals surface area (Å²) in [5, 5.41) is 3.47. The first-order valence-electron chi connectivity index (χ1n) is 5.61. The third-order valence-corrected chi connectivity index (χ3v) is 4.93. The van der Waals surface area contributed by atoms with E-state index in [0.717, 1.165) is 0 Å². The molecule has 1 aromatic heterocycles. The highest BCUT2D eigenvalue weighted by Crippen LogP contribution is 2.41. The largest absolute Gasteiger partial charge is 0.314 e. The zero-order valence-corrected chi connectivity index (χ0v) is 9.54. The van der Waals surface area contributed by atoms with Gasteiger partial charge in [0.05, 0.1) is 0 Å². The smallest absolute Gasteiger partial charge is 0.0228 e. The second kappa shape index (κ2) is 3.07. The van der Waals surface area contributed by atoms with Crippen LogP contribution in [0.2, 0.25) is 0 Å². The highest BCUT2D eigenvalue weighted by atomic mass is 32.1. The molecule has 2 aliphatic carbocycles. The summed E-state index contributed by atoms with van der Waals surface area (Å²) in [6.45, 7) is 0. The lowest BCUT2D eigenvalue weighted by molar-refractivity contribution is 0.552. The number of likely N-dealkylation sites (N-methyl/N-ethyl adjacent to an activating group) is 1. The second-order valence-electron chi connectivity index (χ2n) is 4.72. The average Bonchev–Trinajstić information content (AvgIpc) is 2.62. The molecule has 0 radical (unpaired) electrons. The molecule has 1 nitrogen and oxygen atoms in total. The minimum atomic E-state index is 0.485. The molecular formula is C12H17NS. The van der Waals surface area contributed by atoms with E-state index in [4.69, 9.17) is 0 Å². The second-order valence-corrected chi connectivity index (χ2v) is 5.94. The molecule has 0 aliphatic heterocycles. The molecule has 0 spiro atoms. The molecule has 0 bridgehead atoms. The van der Waals surface area contributed by atoms with E-state index in [1.54, 1.807) is 15.3 Å². The van der Waals surface area contributed by atoms with Gasteiger partial charge >= 0.3 is 0 Å². The number of hydrogen-bond donors (Lipinski definition) is 1. The monoisotopic (exact) mass is 207 g/mol. The Morgan fingerprint density at radius 2 is 2.29 bits per heavy atom. The number of thiophene rings is 1. The maximum absolute atomic E-state index is 3.47. The number of hydrogen-bond acceptors (Lipinski definition) is 2. The normalized spacial score (nSPS) is 22.4. The van der Waals surface area contributed by atoms with Crippen molar-refractivity contribution in [1.29, 1.82) is 0 Å². The molecule has 1 heterocycles. The first-order valence-corrected chi connectivity index (χ1v) is 6.42. The molecule has 0 unspecified atom stereocenters. The average molecular weight is 207 g/mol. The molecule has 76 valence electrons. The van der Waals surface area contributed by atoms with E-state index in [0.29, 0.717) is 5.54 Å². The van der Waals surface area contributed by atoms with E-state index in [9.17, 15) is 0 Å². The maximum Gasteiger partial charge on any atom is 0.0228 e. The molecule has 1 N–H and O–H groups in total. The Balaban J connectivity index is 1.78. The number of rotatable bonds is 3. The van der Waals surface area contributed by atoms with Gasteiger partial charge in [-0.2, -0.15) is 0 Å². The molecule has 2 heteroatoms. The summed E-state index contributed by atoms with van der Waals surface area (Å²) in [6, 6.07) is 2.46. The highest BCUT2D eigenvalue weighted by molar-refractivity contribution is 7.12. The minimum Gasteiger partial charge on any atom is -0.314 e. The Morgan fingerprint density at radius 1 is 1.43 bits per heavy atom. The Hall–Kier alpha value is -0.340. The van der Waals surface area contributed by atoms with Gasteiger partial charge in [-0.25, -0.2) is 0 Å². The van der Waals surface area contributed by atoms with Crippen molar-refractivity contribution >= 4 is 11.3 Å². The van der Waals surface area contributed by atoms with Gasteiger partial charge in [0, 0.05) is 15.3 Å². The van der Waals surface area contributed by atoms with Gasteiger partial charge in [0.15, 0.2) is 0 Å². The summed E-state index contributed by atoms with van der Waals surface area (Å²) in [4.78, 5) is 3.29. The van der Waals surface area contributed by atoms with Gasteiger partial charge in [0.25, 0.3) is 0 Å². The summed E-state index contributed by atoms with van der Waals surface area (Å²) in [5.41, 5.74) is 2.13. The standard InChI is InChI=1S/C12H17NS/c1-13-12(5-6-12)8-10-7-9-3-2-4-11(9)14-10/h7,13H,2-6,8H2,1H3. The van der Waals surface area contributed by atoms with Crippen molar-refractivity contribution in [3.63, 3.8) is 0 Å². The van der Waals surface area contributed by atoms with Gasteiger partial charge in [-0.1, -0.05) is 0 Å². The molecule has 14 heavy (non-hydrogen) atoms. The summed E-state index contributed by atoms with van der Waals surface area (Å²) >= 11 is 2.06. The summed E-state index contributed by atoms with van der Waals surface area (Å²) in [7, 11) is 2.11. The third kappa shape index (κ3) is 1.41. The van der Waals surface area contributed by atoms with Gasteiger partial charge in [-0.15, -0.1) is 11.3 Å². The molecule has 0 aromatic carbocycles. The van der Waals surface area contributed by atoms with Crippen LogP contribution in [0, 0.1) is 0 Å². The SMILES string of the molecule is CNC1(Cc2cc3c(s2)CCC3)CC1. The van der Waals surface area contributed by atoms with E-state index in [1.807, 2.05) is 0 Å². The Kier molecular flexibility index (Phi) is 1.96. The summed E-state index contributed by atoms with van der Waals surface area (Å²) < 4.78 is 0. The quantitative estimate of drug-likeness (QED) is 0.803. The third-order valence-electron chi connectivity index (χ3n) is 3.69. The summed E-state index contributed by atoms with van der Waals surface area (Å²) in [5.74, 6) is 0. The first-order chi connectivity index (χ1) is 6.81. The fourth-order valence-electron chi connectivity index (χ4n) is 2.48. The van der Waals surface area contributed by atoms with Gasteiger partial charge in [0.2, 0.25) is 0 Å². The highest BCUT2D eigenvalue weighted by Gasteiger charge is 2.41. The van der Waals surface area contributed by atoms with Crippen molar-refractivity contribution in [2.45, 2.75) is 44.1 Å². The van der Waals surface area contributed by atoms with Crippen LogP contribution in [0.25, 0.3) is 0 Å². The van der Waals surface area contributed by atoms with Crippen LogP contribution in [0.4, 0.5) is 0 Å². The molecule has 1 aromatic rings. The fraction of sp³-hybridized carbons (Fsp3) is 0.667. The van der Waals surface area contributed by atoms with Crippen LogP contribution < -0.4 is 5.32 Å². The number of nitrogens with one attached hydrogen (secondary N) is 1. The number of fused-ring (bicyclic) bond motifs is 1. The molecule has 3 rings (SSSR count). The van der Waals surface area contributed by atoms with Crippen LogP contribution in [-0.4, -0.2) is 12.6 Å². The zero-order valence-electron chi connectivity index (χ0n) is 8.73. The van der Waals surface area contributed by atoms with Crippen LogP contribution in [0.5, 0.6) is 0 Å². The van der Waals surface area contributed by atoms with Crippen molar-refractivity contribution in [2.75, 3.05) is 7.05 Å². The van der Waals surface area contributed by atoms with Gasteiger partial charge < -0.3 is 5.32 Å². The molecule has 0 amide bonds. The lowest BCUT2D eigenvalue weighted by Crippen LogP contribution is -2.29. The van der Waals surface area contributed by atoms with Crippen molar-refractivity contribution in [3.8, 4) is 0 Å². The van der Waals surface area contributed by atoms with E-state index < -0.39 is 0 Å². The van der Waals surface area contributed by atoms with Crippen LogP contribution in [0.15, 0.2) is 6.07 Å². The van der Waals surface area contributed by atoms with Crippen LogP contribution >= 0.6 is 11.3 Å². The minimum absolute atomic E-state index is 0.485. The maximum atomic E-state index is 3.47. The predicted octanol–water partition coefficient (Wildman–Crippen LogP) is 2.53. The molecule has 1 saturated carbocycles. The lowest BCUT2D eigenvalue weighted by atomic mass is 10.1. The Morgan fingerprint density at radius 3 is 2.93 bits per heavy atom. The molecule has 0 atom stereocenters. The van der Waals surface area contributed by atoms with Crippen LogP contribution in [-0.2, 0) is 19.3 Å². The Labute approximate surface area is 89.5 Å². The van der Waals surface area contributed by atoms with E-state index in [1.165, 1.54) is 38.5 Å².